The van der Waals surface area contributed by atoms with Gasteiger partial charge in [0.05, 0.1) is 17.4 Å². The van der Waals surface area contributed by atoms with Crippen LogP contribution in [0.5, 0.6) is 5.75 Å². The van der Waals surface area contributed by atoms with Gasteiger partial charge in [-0.15, -0.1) is 0 Å². The van der Waals surface area contributed by atoms with E-state index in [2.05, 4.69) is 0 Å². The van der Waals surface area contributed by atoms with Crippen molar-refractivity contribution in [3.8, 4) is 5.75 Å². The molecule has 1 aromatic heterocycles. The van der Waals surface area contributed by atoms with Crippen molar-refractivity contribution in [1.29, 1.82) is 0 Å². The molecule has 0 spiro atoms. The number of benzene rings is 1. The minimum atomic E-state index is -0.539. The molecule has 5 nitrogen and oxygen atoms in total. The summed E-state index contributed by atoms with van der Waals surface area (Å²) in [5.74, 6) is 0.474. The number of nitro groups is 1. The Kier molecular flexibility index (Phi) is 3.30. The van der Waals surface area contributed by atoms with Crippen LogP contribution in [-0.4, -0.2) is 4.92 Å². The average Bonchev–Trinajstić information content (AvgIpc) is 2.78. The third-order valence-corrected chi connectivity index (χ3v) is 2.40. The van der Waals surface area contributed by atoms with Crippen LogP contribution in [0.15, 0.2) is 41.2 Å². The van der Waals surface area contributed by atoms with E-state index in [-0.39, 0.29) is 10.7 Å². The maximum Gasteiger partial charge on any atom is 0.288 e. The summed E-state index contributed by atoms with van der Waals surface area (Å²) in [6.45, 7) is 0.324. The highest BCUT2D eigenvalue weighted by molar-refractivity contribution is 6.32. The Morgan fingerprint density at radius 1 is 1.41 bits per heavy atom. The molecule has 2 rings (SSSR count). The lowest BCUT2D eigenvalue weighted by Crippen LogP contribution is -1.95. The van der Waals surface area contributed by atoms with E-state index in [0.717, 1.165) is 5.56 Å². The van der Waals surface area contributed by atoms with Gasteiger partial charge in [0.1, 0.15) is 17.4 Å². The van der Waals surface area contributed by atoms with Gasteiger partial charge in [0, 0.05) is 17.7 Å². The first-order valence-electron chi connectivity index (χ1n) is 4.74. The van der Waals surface area contributed by atoms with E-state index in [4.69, 9.17) is 20.8 Å². The second-order valence-electron chi connectivity index (χ2n) is 3.29. The smallest absolute Gasteiger partial charge is 0.288 e. The molecular formula is C11H8ClNO4. The van der Waals surface area contributed by atoms with E-state index in [9.17, 15) is 10.1 Å². The minimum Gasteiger partial charge on any atom is -0.489 e. The lowest BCUT2D eigenvalue weighted by molar-refractivity contribution is -0.384. The van der Waals surface area contributed by atoms with Crippen LogP contribution in [0, 0.1) is 10.1 Å². The molecule has 1 aromatic carbocycles. The highest BCUT2D eigenvalue weighted by atomic mass is 35.5. The Morgan fingerprint density at radius 3 is 2.82 bits per heavy atom. The Labute approximate surface area is 102 Å². The largest absolute Gasteiger partial charge is 0.489 e. The van der Waals surface area contributed by atoms with E-state index < -0.39 is 4.92 Å². The summed E-state index contributed by atoms with van der Waals surface area (Å²) >= 11 is 5.74. The van der Waals surface area contributed by atoms with Gasteiger partial charge in [-0.3, -0.25) is 10.1 Å². The normalized spacial score (nSPS) is 10.2. The number of ether oxygens (including phenoxy) is 1. The highest BCUT2D eigenvalue weighted by Crippen LogP contribution is 2.28. The number of nitro benzene ring substituents is 1. The number of nitrogens with zero attached hydrogens (tertiary/aromatic N) is 1. The number of halogens is 1. The standard InChI is InChI=1S/C11H8ClNO4/c12-10-5-9(1-2-11(10)13(14)15)17-7-8-3-4-16-6-8/h1-6H,7H2. The molecule has 0 radical (unpaired) electrons. The fraction of sp³-hybridized carbons (Fsp3) is 0.0909. The molecule has 1 heterocycles. The molecule has 0 aliphatic heterocycles. The monoisotopic (exact) mass is 253 g/mol. The van der Waals surface area contributed by atoms with Crippen LogP contribution < -0.4 is 4.74 Å². The molecule has 0 N–H and O–H groups in total. The molecule has 17 heavy (non-hydrogen) atoms. The van der Waals surface area contributed by atoms with Crippen molar-refractivity contribution in [3.05, 3.63) is 57.5 Å². The van der Waals surface area contributed by atoms with Crippen LogP contribution >= 0.6 is 11.6 Å². The van der Waals surface area contributed by atoms with Crippen molar-refractivity contribution in [1.82, 2.24) is 0 Å². The molecule has 0 aliphatic carbocycles. The van der Waals surface area contributed by atoms with Gasteiger partial charge in [0.2, 0.25) is 0 Å². The Hall–Kier alpha value is -2.01. The van der Waals surface area contributed by atoms with Gasteiger partial charge in [-0.2, -0.15) is 0 Å². The topological polar surface area (TPSA) is 65.5 Å². The molecule has 0 saturated heterocycles. The van der Waals surface area contributed by atoms with Gasteiger partial charge in [0.15, 0.2) is 0 Å². The van der Waals surface area contributed by atoms with Gasteiger partial charge in [-0.05, 0) is 12.1 Å². The zero-order valence-electron chi connectivity index (χ0n) is 8.63. The Morgan fingerprint density at radius 2 is 2.24 bits per heavy atom. The van der Waals surface area contributed by atoms with Crippen molar-refractivity contribution >= 4 is 17.3 Å². The first kappa shape index (κ1) is 11.5. The van der Waals surface area contributed by atoms with E-state index in [1.54, 1.807) is 18.6 Å². The quantitative estimate of drug-likeness (QED) is 0.618. The fourth-order valence-electron chi connectivity index (χ4n) is 1.27. The first-order valence-corrected chi connectivity index (χ1v) is 5.12. The van der Waals surface area contributed by atoms with Crippen LogP contribution in [0.2, 0.25) is 5.02 Å². The van der Waals surface area contributed by atoms with Crippen molar-refractivity contribution in [2.75, 3.05) is 0 Å². The summed E-state index contributed by atoms with van der Waals surface area (Å²) in [7, 11) is 0. The SMILES string of the molecule is O=[N+]([O-])c1ccc(OCc2ccoc2)cc1Cl. The summed E-state index contributed by atoms with van der Waals surface area (Å²) in [4.78, 5) is 10.0. The molecule has 0 fully saturated rings. The predicted octanol–water partition coefficient (Wildman–Crippen LogP) is 3.42. The third kappa shape index (κ3) is 2.76. The zero-order chi connectivity index (χ0) is 12.3. The van der Waals surface area contributed by atoms with Crippen LogP contribution in [0.1, 0.15) is 5.56 Å². The summed E-state index contributed by atoms with van der Waals surface area (Å²) in [6, 6.07) is 6.00. The number of hydrogen-bond donors (Lipinski definition) is 0. The van der Waals surface area contributed by atoms with Crippen molar-refractivity contribution in [3.63, 3.8) is 0 Å². The Balaban J connectivity index is 2.07. The lowest BCUT2D eigenvalue weighted by Gasteiger charge is -2.04. The van der Waals surface area contributed by atoms with Crippen LogP contribution in [0.25, 0.3) is 0 Å². The molecule has 0 bridgehead atoms. The molecular weight excluding hydrogens is 246 g/mol. The third-order valence-electron chi connectivity index (χ3n) is 2.10. The van der Waals surface area contributed by atoms with E-state index in [0.29, 0.717) is 12.4 Å². The second-order valence-corrected chi connectivity index (χ2v) is 3.70. The van der Waals surface area contributed by atoms with E-state index >= 15 is 0 Å². The van der Waals surface area contributed by atoms with Gasteiger partial charge < -0.3 is 9.15 Å². The number of hydrogen-bond acceptors (Lipinski definition) is 4. The summed E-state index contributed by atoms with van der Waals surface area (Å²) in [5, 5.41) is 10.6. The maximum atomic E-state index is 10.5. The van der Waals surface area contributed by atoms with Gasteiger partial charge in [-0.1, -0.05) is 11.6 Å². The Bertz CT molecular complexity index is 524. The lowest BCUT2D eigenvalue weighted by atomic mass is 10.3. The highest BCUT2D eigenvalue weighted by Gasteiger charge is 2.12. The predicted molar refractivity (Wildman–Crippen MR) is 61.1 cm³/mol. The molecule has 6 heteroatoms. The molecule has 0 amide bonds. The zero-order valence-corrected chi connectivity index (χ0v) is 9.39. The van der Waals surface area contributed by atoms with Crippen molar-refractivity contribution in [2.24, 2.45) is 0 Å². The fourth-order valence-corrected chi connectivity index (χ4v) is 1.51. The molecule has 0 saturated carbocycles. The molecule has 2 aromatic rings. The van der Waals surface area contributed by atoms with Crippen LogP contribution in [0.3, 0.4) is 0 Å². The summed E-state index contributed by atoms with van der Waals surface area (Å²) in [5.41, 5.74) is 0.738. The summed E-state index contributed by atoms with van der Waals surface area (Å²) in [6.07, 6.45) is 3.11. The molecule has 0 atom stereocenters. The molecule has 88 valence electrons. The maximum absolute atomic E-state index is 10.5. The average molecular weight is 254 g/mol. The van der Waals surface area contributed by atoms with E-state index in [1.165, 1.54) is 18.2 Å². The first-order chi connectivity index (χ1) is 8.16. The number of furan rings is 1. The van der Waals surface area contributed by atoms with E-state index in [1.807, 2.05) is 0 Å². The number of rotatable bonds is 4. The van der Waals surface area contributed by atoms with Gasteiger partial charge >= 0.3 is 0 Å². The van der Waals surface area contributed by atoms with Crippen molar-refractivity contribution < 1.29 is 14.1 Å². The van der Waals surface area contributed by atoms with Gasteiger partial charge in [0.25, 0.3) is 5.69 Å². The van der Waals surface area contributed by atoms with Crippen molar-refractivity contribution in [2.45, 2.75) is 6.61 Å². The minimum absolute atomic E-state index is 0.0553. The summed E-state index contributed by atoms with van der Waals surface area (Å²) < 4.78 is 10.3. The van der Waals surface area contributed by atoms with Gasteiger partial charge in [-0.25, -0.2) is 0 Å². The molecule has 0 aliphatic rings. The van der Waals surface area contributed by atoms with Crippen LogP contribution in [0.4, 0.5) is 5.69 Å². The molecule has 0 unspecified atom stereocenters. The van der Waals surface area contributed by atoms with Crippen LogP contribution in [-0.2, 0) is 6.61 Å². The second kappa shape index (κ2) is 4.88.